The van der Waals surface area contributed by atoms with Crippen LogP contribution in [0.1, 0.15) is 77.3 Å². The first-order valence-corrected chi connectivity index (χ1v) is 14.0. The van der Waals surface area contributed by atoms with Gasteiger partial charge in [0, 0.05) is 28.2 Å². The molecule has 41 heavy (non-hydrogen) atoms. The van der Waals surface area contributed by atoms with Crippen LogP contribution in [0.5, 0.6) is 11.5 Å². The van der Waals surface area contributed by atoms with Gasteiger partial charge in [-0.2, -0.15) is 0 Å². The zero-order valence-electron chi connectivity index (χ0n) is 24.5. The van der Waals surface area contributed by atoms with Crippen LogP contribution in [0, 0.1) is 0 Å². The van der Waals surface area contributed by atoms with Gasteiger partial charge in [-0.1, -0.05) is 39.5 Å². The zero-order chi connectivity index (χ0) is 29.6. The molecule has 0 heterocycles. The van der Waals surface area contributed by atoms with Crippen LogP contribution in [-0.4, -0.2) is 48.6 Å². The third kappa shape index (κ3) is 17.1. The number of rotatable bonds is 16. The first-order chi connectivity index (χ1) is 19.3. The van der Waals surface area contributed by atoms with Crippen molar-refractivity contribution in [2.24, 2.45) is 0 Å². The van der Waals surface area contributed by atoms with E-state index >= 15 is 0 Å². The van der Waals surface area contributed by atoms with Crippen LogP contribution in [0.3, 0.4) is 0 Å². The number of unbranched alkanes of at least 4 members (excludes halogenated alkanes) is 4. The Labute approximate surface area is 254 Å². The van der Waals surface area contributed by atoms with Crippen molar-refractivity contribution in [3.8, 4) is 11.5 Å². The molecule has 0 aromatic heterocycles. The van der Waals surface area contributed by atoms with E-state index in [1.807, 2.05) is 0 Å². The standard InChI is InChI=1S/2C16H22O4.Cu/c2*1-3-5-6-11-20-14-9-7-13(8-10-14)15(17)12-16(18)19-4-2;/h2*7-10,12,17H,3-6,11H2,1-2H3;/b2*15-12+;. The largest absolute Gasteiger partial charge is 0.507 e. The fraction of sp³-hybridized carbons (Fsp3) is 0.438. The molecular weight excluding hydrogens is 576 g/mol. The average molecular weight is 620 g/mol. The van der Waals surface area contributed by atoms with Crippen molar-refractivity contribution in [3.63, 3.8) is 0 Å². The van der Waals surface area contributed by atoms with Crippen LogP contribution in [-0.2, 0) is 36.1 Å². The molecule has 8 nitrogen and oxygen atoms in total. The van der Waals surface area contributed by atoms with Gasteiger partial charge in [-0.25, -0.2) is 9.59 Å². The molecule has 2 rings (SSSR count). The van der Waals surface area contributed by atoms with Crippen molar-refractivity contribution in [2.45, 2.75) is 66.2 Å². The molecule has 0 bridgehead atoms. The molecule has 231 valence electrons. The molecule has 0 fully saturated rings. The number of benzene rings is 2. The van der Waals surface area contributed by atoms with Gasteiger partial charge in [0.15, 0.2) is 0 Å². The maximum Gasteiger partial charge on any atom is 0.334 e. The SMILES string of the molecule is CCCCCOc1ccc(/C(O)=C\C(=O)OCC)cc1.CCCCCOc1ccc(/C(O)=C\C(=O)OCC)cc1.[Cu]. The Bertz CT molecular complexity index is 961. The maximum absolute atomic E-state index is 11.2. The summed E-state index contributed by atoms with van der Waals surface area (Å²) in [4.78, 5) is 22.4. The summed E-state index contributed by atoms with van der Waals surface area (Å²) < 4.78 is 20.6. The van der Waals surface area contributed by atoms with E-state index in [1.165, 1.54) is 0 Å². The summed E-state index contributed by atoms with van der Waals surface area (Å²) in [6, 6.07) is 13.9. The van der Waals surface area contributed by atoms with Gasteiger partial charge in [0.2, 0.25) is 0 Å². The summed E-state index contributed by atoms with van der Waals surface area (Å²) in [5.41, 5.74) is 1.11. The monoisotopic (exact) mass is 619 g/mol. The van der Waals surface area contributed by atoms with E-state index < -0.39 is 11.9 Å². The van der Waals surface area contributed by atoms with Crippen LogP contribution in [0.2, 0.25) is 0 Å². The number of hydrogen-bond donors (Lipinski definition) is 2. The fourth-order valence-corrected chi connectivity index (χ4v) is 3.29. The quantitative estimate of drug-likeness (QED) is 0.0656. The van der Waals surface area contributed by atoms with E-state index in [9.17, 15) is 19.8 Å². The van der Waals surface area contributed by atoms with Gasteiger partial charge in [-0.05, 0) is 75.2 Å². The van der Waals surface area contributed by atoms with E-state index in [0.717, 1.165) is 62.2 Å². The smallest absolute Gasteiger partial charge is 0.334 e. The Morgan fingerprint density at radius 1 is 0.610 bits per heavy atom. The van der Waals surface area contributed by atoms with Gasteiger partial charge in [-0.15, -0.1) is 0 Å². The predicted molar refractivity (Wildman–Crippen MR) is 157 cm³/mol. The minimum Gasteiger partial charge on any atom is -0.507 e. The predicted octanol–water partition coefficient (Wildman–Crippen LogP) is 7.43. The molecule has 9 heteroatoms. The molecule has 0 aliphatic carbocycles. The third-order valence-corrected chi connectivity index (χ3v) is 5.42. The Morgan fingerprint density at radius 2 is 0.951 bits per heavy atom. The Hall–Kier alpha value is -3.42. The molecule has 0 atom stereocenters. The second-order valence-electron chi connectivity index (χ2n) is 8.72. The number of ether oxygens (including phenoxy) is 4. The van der Waals surface area contributed by atoms with Crippen LogP contribution >= 0.6 is 0 Å². The third-order valence-electron chi connectivity index (χ3n) is 5.42. The summed E-state index contributed by atoms with van der Waals surface area (Å²) in [7, 11) is 0. The first kappa shape index (κ1) is 37.6. The maximum atomic E-state index is 11.2. The minimum absolute atomic E-state index is 0. The number of carbonyl (C=O) groups excluding carboxylic acids is 2. The van der Waals surface area contributed by atoms with Gasteiger partial charge >= 0.3 is 11.9 Å². The van der Waals surface area contributed by atoms with Gasteiger partial charge in [0.1, 0.15) is 23.0 Å². The molecule has 0 spiro atoms. The van der Waals surface area contributed by atoms with Crippen molar-refractivity contribution in [3.05, 3.63) is 71.8 Å². The Morgan fingerprint density at radius 3 is 1.24 bits per heavy atom. The van der Waals surface area contributed by atoms with Crippen molar-refractivity contribution in [2.75, 3.05) is 26.4 Å². The Kier molecular flexibility index (Phi) is 21.4. The molecule has 2 aromatic carbocycles. The molecule has 0 aliphatic heterocycles. The van der Waals surface area contributed by atoms with E-state index in [1.54, 1.807) is 62.4 Å². The van der Waals surface area contributed by atoms with E-state index in [2.05, 4.69) is 13.8 Å². The van der Waals surface area contributed by atoms with Gasteiger partial charge in [0.05, 0.1) is 38.6 Å². The number of esters is 2. The molecule has 2 aromatic rings. The van der Waals surface area contributed by atoms with Gasteiger partial charge in [0.25, 0.3) is 0 Å². The van der Waals surface area contributed by atoms with Gasteiger partial charge in [-0.3, -0.25) is 0 Å². The Balaban J connectivity index is 0.000000762. The van der Waals surface area contributed by atoms with Crippen molar-refractivity contribution >= 4 is 23.5 Å². The fourth-order valence-electron chi connectivity index (χ4n) is 3.29. The molecule has 0 saturated carbocycles. The minimum atomic E-state index is -0.551. The first-order valence-electron chi connectivity index (χ1n) is 14.0. The molecular formula is C32H44CuO8. The number of aliphatic hydroxyl groups excluding tert-OH is 2. The average Bonchev–Trinajstić information content (AvgIpc) is 2.94. The summed E-state index contributed by atoms with van der Waals surface area (Å²) in [6.07, 6.45) is 8.84. The van der Waals surface area contributed by atoms with Crippen molar-refractivity contribution < 1.29 is 55.8 Å². The molecule has 0 amide bonds. The second kappa shape index (κ2) is 23.3. The molecule has 0 aliphatic rings. The summed E-state index contributed by atoms with van der Waals surface area (Å²) in [5.74, 6) is 0.194. The van der Waals surface area contributed by atoms with E-state index in [0.29, 0.717) is 24.3 Å². The number of aliphatic hydroxyl groups is 2. The summed E-state index contributed by atoms with van der Waals surface area (Å²) >= 11 is 0. The van der Waals surface area contributed by atoms with Crippen molar-refractivity contribution in [1.82, 2.24) is 0 Å². The molecule has 1 radical (unpaired) electrons. The molecule has 2 N–H and O–H groups in total. The molecule has 0 saturated heterocycles. The van der Waals surface area contributed by atoms with E-state index in [-0.39, 0.29) is 41.8 Å². The van der Waals surface area contributed by atoms with Crippen LogP contribution < -0.4 is 9.47 Å². The van der Waals surface area contributed by atoms with Crippen LogP contribution in [0.25, 0.3) is 11.5 Å². The van der Waals surface area contributed by atoms with E-state index in [4.69, 9.17) is 18.9 Å². The molecule has 0 unspecified atom stereocenters. The van der Waals surface area contributed by atoms with Gasteiger partial charge < -0.3 is 29.2 Å². The topological polar surface area (TPSA) is 112 Å². The van der Waals surface area contributed by atoms with Crippen LogP contribution in [0.4, 0.5) is 0 Å². The number of hydrogen-bond acceptors (Lipinski definition) is 8. The normalized spacial score (nSPS) is 10.9. The zero-order valence-corrected chi connectivity index (χ0v) is 25.4. The summed E-state index contributed by atoms with van der Waals surface area (Å²) in [6.45, 7) is 9.68. The van der Waals surface area contributed by atoms with Crippen LogP contribution in [0.15, 0.2) is 60.7 Å². The number of carbonyl (C=O) groups is 2. The summed E-state index contributed by atoms with van der Waals surface area (Å²) in [5, 5.41) is 19.5. The second-order valence-corrected chi connectivity index (χ2v) is 8.72. The van der Waals surface area contributed by atoms with Crippen molar-refractivity contribution in [1.29, 1.82) is 0 Å².